The van der Waals surface area contributed by atoms with Crippen LogP contribution in [0.5, 0.6) is 0 Å². The summed E-state index contributed by atoms with van der Waals surface area (Å²) < 4.78 is 6.97. The lowest BCUT2D eigenvalue weighted by Crippen LogP contribution is -2.10. The van der Waals surface area contributed by atoms with Crippen LogP contribution in [0, 0.1) is 0 Å². The van der Waals surface area contributed by atoms with Crippen molar-refractivity contribution in [2.45, 2.75) is 38.8 Å². The average Bonchev–Trinajstić information content (AvgIpc) is 2.74. The fraction of sp³-hybridized carbons (Fsp3) is 0.818. The summed E-state index contributed by atoms with van der Waals surface area (Å²) in [4.78, 5) is 0. The highest BCUT2D eigenvalue weighted by Crippen LogP contribution is 2.08. The van der Waals surface area contributed by atoms with Crippen LogP contribution in [0.25, 0.3) is 0 Å². The standard InChI is InChI=1S/C11H22N4O2/c1-17-8-5-11-10(9-12)13-14-15(11)6-3-2-4-7-16/h16H,2-9,12H2,1H3. The Balaban J connectivity index is 2.53. The third kappa shape index (κ3) is 4.41. The van der Waals surface area contributed by atoms with Gasteiger partial charge in [0.05, 0.1) is 18.0 Å². The molecule has 6 nitrogen and oxygen atoms in total. The van der Waals surface area contributed by atoms with Gasteiger partial charge in [0.1, 0.15) is 0 Å². The number of aromatic nitrogens is 3. The fourth-order valence-electron chi connectivity index (χ4n) is 1.73. The summed E-state index contributed by atoms with van der Waals surface area (Å²) in [6, 6.07) is 0. The molecule has 1 aromatic rings. The van der Waals surface area contributed by atoms with E-state index >= 15 is 0 Å². The maximum absolute atomic E-state index is 8.71. The molecule has 17 heavy (non-hydrogen) atoms. The Hall–Kier alpha value is -0.980. The molecule has 0 spiro atoms. The predicted molar refractivity (Wildman–Crippen MR) is 64.4 cm³/mol. The molecule has 98 valence electrons. The first-order valence-corrected chi connectivity index (χ1v) is 6.04. The highest BCUT2D eigenvalue weighted by Gasteiger charge is 2.10. The van der Waals surface area contributed by atoms with E-state index in [1.807, 2.05) is 4.68 Å². The molecule has 3 N–H and O–H groups in total. The molecule has 0 fully saturated rings. The van der Waals surface area contributed by atoms with Gasteiger partial charge in [-0.2, -0.15) is 0 Å². The lowest BCUT2D eigenvalue weighted by atomic mass is 10.2. The first kappa shape index (κ1) is 14.1. The number of nitrogens with zero attached hydrogens (tertiary/aromatic N) is 3. The van der Waals surface area contributed by atoms with Gasteiger partial charge in [0.15, 0.2) is 0 Å². The van der Waals surface area contributed by atoms with Crippen LogP contribution >= 0.6 is 0 Å². The quantitative estimate of drug-likeness (QED) is 0.599. The molecule has 0 amide bonds. The smallest absolute Gasteiger partial charge is 0.0995 e. The van der Waals surface area contributed by atoms with Crippen LogP contribution in [0.1, 0.15) is 30.7 Å². The summed E-state index contributed by atoms with van der Waals surface area (Å²) in [6.45, 7) is 2.14. The van der Waals surface area contributed by atoms with Gasteiger partial charge in [-0.1, -0.05) is 5.21 Å². The zero-order valence-electron chi connectivity index (χ0n) is 10.4. The maximum Gasteiger partial charge on any atom is 0.0995 e. The van der Waals surface area contributed by atoms with Crippen LogP contribution in [0.15, 0.2) is 0 Å². The van der Waals surface area contributed by atoms with Crippen LogP contribution < -0.4 is 5.73 Å². The fourth-order valence-corrected chi connectivity index (χ4v) is 1.73. The van der Waals surface area contributed by atoms with E-state index in [2.05, 4.69) is 10.3 Å². The zero-order chi connectivity index (χ0) is 12.5. The number of hydrogen-bond acceptors (Lipinski definition) is 5. The van der Waals surface area contributed by atoms with Crippen molar-refractivity contribution in [3.05, 3.63) is 11.4 Å². The molecule has 0 saturated heterocycles. The van der Waals surface area contributed by atoms with Crippen LogP contribution in [-0.4, -0.2) is 40.4 Å². The SMILES string of the molecule is COCCc1c(CN)nnn1CCCCCO. The number of aliphatic hydroxyl groups excluding tert-OH is 1. The minimum atomic E-state index is 0.252. The molecule has 6 heteroatoms. The Bertz CT molecular complexity index is 314. The number of ether oxygens (including phenoxy) is 1. The summed E-state index contributed by atoms with van der Waals surface area (Å²) in [6.07, 6.45) is 3.62. The van der Waals surface area contributed by atoms with Gasteiger partial charge >= 0.3 is 0 Å². The molecule has 0 unspecified atom stereocenters. The molecule has 1 heterocycles. The molecule has 0 aliphatic heterocycles. The number of aliphatic hydroxyl groups is 1. The lowest BCUT2D eigenvalue weighted by molar-refractivity contribution is 0.199. The molecular formula is C11H22N4O2. The van der Waals surface area contributed by atoms with Crippen LogP contribution in [0.3, 0.4) is 0 Å². The van der Waals surface area contributed by atoms with Gasteiger partial charge in [0.2, 0.25) is 0 Å². The third-order valence-electron chi connectivity index (χ3n) is 2.68. The van der Waals surface area contributed by atoms with Crippen molar-refractivity contribution in [1.29, 1.82) is 0 Å². The van der Waals surface area contributed by atoms with Crippen LogP contribution in [0.4, 0.5) is 0 Å². The molecule has 1 rings (SSSR count). The van der Waals surface area contributed by atoms with Gasteiger partial charge in [-0.25, -0.2) is 4.68 Å². The van der Waals surface area contributed by atoms with Gasteiger partial charge in [-0.15, -0.1) is 5.10 Å². The van der Waals surface area contributed by atoms with E-state index in [0.29, 0.717) is 13.2 Å². The normalized spacial score (nSPS) is 11.0. The third-order valence-corrected chi connectivity index (χ3v) is 2.68. The summed E-state index contributed by atoms with van der Waals surface area (Å²) in [5, 5.41) is 16.9. The van der Waals surface area contributed by atoms with Crippen molar-refractivity contribution in [2.75, 3.05) is 20.3 Å². The van der Waals surface area contributed by atoms with E-state index < -0.39 is 0 Å². The van der Waals surface area contributed by atoms with E-state index in [0.717, 1.165) is 43.6 Å². The second-order valence-corrected chi connectivity index (χ2v) is 3.94. The number of methoxy groups -OCH3 is 1. The molecule has 0 aromatic carbocycles. The minimum absolute atomic E-state index is 0.252. The summed E-state index contributed by atoms with van der Waals surface area (Å²) in [7, 11) is 1.68. The monoisotopic (exact) mass is 242 g/mol. The summed E-state index contributed by atoms with van der Waals surface area (Å²) in [5.41, 5.74) is 7.54. The average molecular weight is 242 g/mol. The molecule has 1 aromatic heterocycles. The van der Waals surface area contributed by atoms with Crippen molar-refractivity contribution >= 4 is 0 Å². The lowest BCUT2D eigenvalue weighted by Gasteiger charge is -2.07. The van der Waals surface area contributed by atoms with Crippen molar-refractivity contribution in [1.82, 2.24) is 15.0 Å². The number of nitrogens with two attached hydrogens (primary N) is 1. The Morgan fingerprint density at radius 1 is 1.35 bits per heavy atom. The topological polar surface area (TPSA) is 86.2 Å². The van der Waals surface area contributed by atoms with Crippen molar-refractivity contribution in [2.24, 2.45) is 5.73 Å². The van der Waals surface area contributed by atoms with Gasteiger partial charge in [0, 0.05) is 33.2 Å². The first-order valence-electron chi connectivity index (χ1n) is 6.04. The zero-order valence-corrected chi connectivity index (χ0v) is 10.4. The van der Waals surface area contributed by atoms with Crippen LogP contribution in [-0.2, 0) is 24.2 Å². The second-order valence-electron chi connectivity index (χ2n) is 3.94. The molecule has 0 aliphatic carbocycles. The molecular weight excluding hydrogens is 220 g/mol. The van der Waals surface area contributed by atoms with E-state index in [1.165, 1.54) is 0 Å². The molecule has 0 atom stereocenters. The van der Waals surface area contributed by atoms with Gasteiger partial charge in [-0.3, -0.25) is 0 Å². The summed E-state index contributed by atoms with van der Waals surface area (Å²) >= 11 is 0. The van der Waals surface area contributed by atoms with E-state index in [9.17, 15) is 0 Å². The second kappa shape index (κ2) is 8.16. The largest absolute Gasteiger partial charge is 0.396 e. The first-order chi connectivity index (χ1) is 8.33. The molecule has 0 aliphatic rings. The number of hydrogen-bond donors (Lipinski definition) is 2. The van der Waals surface area contributed by atoms with Gasteiger partial charge in [-0.05, 0) is 19.3 Å². The maximum atomic E-state index is 8.71. The molecule has 0 bridgehead atoms. The Kier molecular flexibility index (Phi) is 6.76. The van der Waals surface area contributed by atoms with E-state index in [1.54, 1.807) is 7.11 Å². The highest BCUT2D eigenvalue weighted by atomic mass is 16.5. The Labute approximate surface area is 102 Å². The van der Waals surface area contributed by atoms with Gasteiger partial charge < -0.3 is 15.6 Å². The Morgan fingerprint density at radius 2 is 2.18 bits per heavy atom. The van der Waals surface area contributed by atoms with Crippen LogP contribution in [0.2, 0.25) is 0 Å². The molecule has 0 radical (unpaired) electrons. The predicted octanol–water partition coefficient (Wildman–Crippen LogP) is 0.0883. The number of rotatable bonds is 9. The summed E-state index contributed by atoms with van der Waals surface area (Å²) in [5.74, 6) is 0. The van der Waals surface area contributed by atoms with Crippen molar-refractivity contribution in [3.63, 3.8) is 0 Å². The van der Waals surface area contributed by atoms with Crippen molar-refractivity contribution < 1.29 is 9.84 Å². The van der Waals surface area contributed by atoms with Gasteiger partial charge in [0.25, 0.3) is 0 Å². The molecule has 0 saturated carbocycles. The number of unbranched alkanes of at least 4 members (excludes halogenated alkanes) is 2. The van der Waals surface area contributed by atoms with Crippen molar-refractivity contribution in [3.8, 4) is 0 Å². The Morgan fingerprint density at radius 3 is 2.82 bits per heavy atom. The van der Waals surface area contributed by atoms with E-state index in [4.69, 9.17) is 15.6 Å². The minimum Gasteiger partial charge on any atom is -0.396 e. The van der Waals surface area contributed by atoms with E-state index in [-0.39, 0.29) is 6.61 Å². The number of aryl methyl sites for hydroxylation is 1. The highest BCUT2D eigenvalue weighted by molar-refractivity contribution is 5.10.